The SMILES string of the molecule is [CH2]CCCCCCCCCCC(CCCCCC)OCC(C)O. The van der Waals surface area contributed by atoms with Crippen LogP contribution in [0.3, 0.4) is 0 Å². The van der Waals surface area contributed by atoms with Crippen LogP contribution in [0.5, 0.6) is 0 Å². The van der Waals surface area contributed by atoms with E-state index in [1.165, 1.54) is 83.5 Å². The van der Waals surface area contributed by atoms with E-state index in [9.17, 15) is 5.11 Å². The van der Waals surface area contributed by atoms with Crippen molar-refractivity contribution in [3.63, 3.8) is 0 Å². The minimum absolute atomic E-state index is 0.341. The number of aliphatic hydroxyl groups is 1. The summed E-state index contributed by atoms with van der Waals surface area (Å²) in [4.78, 5) is 0. The van der Waals surface area contributed by atoms with E-state index in [1.54, 1.807) is 0 Å². The van der Waals surface area contributed by atoms with E-state index in [-0.39, 0.29) is 6.10 Å². The Labute approximate surface area is 146 Å². The normalized spacial score (nSPS) is 14.1. The average Bonchev–Trinajstić information content (AvgIpc) is 2.54. The Morgan fingerprint density at radius 1 is 0.783 bits per heavy atom. The van der Waals surface area contributed by atoms with Crippen LogP contribution >= 0.6 is 0 Å². The van der Waals surface area contributed by atoms with Crippen molar-refractivity contribution in [3.8, 4) is 0 Å². The summed E-state index contributed by atoms with van der Waals surface area (Å²) < 4.78 is 5.90. The van der Waals surface area contributed by atoms with Crippen LogP contribution in [-0.2, 0) is 4.74 Å². The predicted octanol–water partition coefficient (Wildman–Crippen LogP) is 6.46. The lowest BCUT2D eigenvalue weighted by molar-refractivity contribution is -0.0118. The molecule has 0 fully saturated rings. The highest BCUT2D eigenvalue weighted by Gasteiger charge is 2.10. The van der Waals surface area contributed by atoms with E-state index in [0.717, 1.165) is 12.8 Å². The van der Waals surface area contributed by atoms with E-state index >= 15 is 0 Å². The van der Waals surface area contributed by atoms with E-state index in [0.29, 0.717) is 12.7 Å². The number of rotatable bonds is 18. The fourth-order valence-corrected chi connectivity index (χ4v) is 2.99. The summed E-state index contributed by atoms with van der Waals surface area (Å²) in [5, 5.41) is 9.41. The fourth-order valence-electron chi connectivity index (χ4n) is 2.99. The third-order valence-electron chi connectivity index (χ3n) is 4.48. The van der Waals surface area contributed by atoms with Crippen LogP contribution in [0.25, 0.3) is 0 Å². The predicted molar refractivity (Wildman–Crippen MR) is 102 cm³/mol. The lowest BCUT2D eigenvalue weighted by Crippen LogP contribution is -2.19. The zero-order valence-electron chi connectivity index (χ0n) is 16.0. The van der Waals surface area contributed by atoms with Crippen molar-refractivity contribution in [1.82, 2.24) is 0 Å². The van der Waals surface area contributed by atoms with Crippen LogP contribution in [0.1, 0.15) is 110 Å². The summed E-state index contributed by atoms with van der Waals surface area (Å²) in [6.45, 7) is 8.44. The molecule has 23 heavy (non-hydrogen) atoms. The van der Waals surface area contributed by atoms with Gasteiger partial charge in [-0.2, -0.15) is 0 Å². The summed E-state index contributed by atoms with van der Waals surface area (Å²) in [5.74, 6) is 0. The van der Waals surface area contributed by atoms with Gasteiger partial charge in [-0.3, -0.25) is 0 Å². The van der Waals surface area contributed by atoms with Gasteiger partial charge in [0.15, 0.2) is 0 Å². The standard InChI is InChI=1S/C21H43O2/c1-4-6-8-10-11-12-13-14-16-18-21(23-19-20(3)22)17-15-9-7-5-2/h20-22H,1,4-19H2,2-3H3. The Bertz CT molecular complexity index is 216. The Kier molecular flexibility index (Phi) is 18.2. The zero-order chi connectivity index (χ0) is 17.2. The van der Waals surface area contributed by atoms with Crippen molar-refractivity contribution < 1.29 is 9.84 Å². The first-order chi connectivity index (χ1) is 11.2. The van der Waals surface area contributed by atoms with Crippen LogP contribution in [0.15, 0.2) is 0 Å². The molecule has 139 valence electrons. The van der Waals surface area contributed by atoms with Gasteiger partial charge in [-0.1, -0.05) is 97.3 Å². The van der Waals surface area contributed by atoms with Crippen LogP contribution < -0.4 is 0 Å². The first-order valence-corrected chi connectivity index (χ1v) is 10.3. The highest BCUT2D eigenvalue weighted by molar-refractivity contribution is 4.61. The number of aliphatic hydroxyl groups excluding tert-OH is 1. The van der Waals surface area contributed by atoms with Gasteiger partial charge in [0, 0.05) is 0 Å². The molecule has 2 nitrogen and oxygen atoms in total. The third-order valence-corrected chi connectivity index (χ3v) is 4.48. The van der Waals surface area contributed by atoms with E-state index in [1.807, 2.05) is 6.92 Å². The first kappa shape index (κ1) is 22.9. The summed E-state index contributed by atoms with van der Waals surface area (Å²) in [6, 6.07) is 0. The van der Waals surface area contributed by atoms with Gasteiger partial charge in [0.2, 0.25) is 0 Å². The van der Waals surface area contributed by atoms with Crippen LogP contribution in [0, 0.1) is 6.92 Å². The minimum atomic E-state index is -0.341. The van der Waals surface area contributed by atoms with E-state index in [4.69, 9.17) is 4.74 Å². The number of ether oxygens (including phenoxy) is 1. The first-order valence-electron chi connectivity index (χ1n) is 10.3. The molecule has 0 heterocycles. The second-order valence-corrected chi connectivity index (χ2v) is 7.12. The summed E-state index contributed by atoms with van der Waals surface area (Å²) >= 11 is 0. The maximum absolute atomic E-state index is 9.41. The summed E-state index contributed by atoms with van der Waals surface area (Å²) in [6.07, 6.45) is 19.4. The van der Waals surface area contributed by atoms with E-state index < -0.39 is 0 Å². The second-order valence-electron chi connectivity index (χ2n) is 7.12. The topological polar surface area (TPSA) is 29.5 Å². The molecule has 0 aromatic heterocycles. The zero-order valence-corrected chi connectivity index (χ0v) is 16.0. The largest absolute Gasteiger partial charge is 0.391 e. The smallest absolute Gasteiger partial charge is 0.0745 e. The van der Waals surface area contributed by atoms with Crippen molar-refractivity contribution >= 4 is 0 Å². The maximum atomic E-state index is 9.41. The number of hydrogen-bond acceptors (Lipinski definition) is 2. The van der Waals surface area contributed by atoms with Crippen LogP contribution in [0.2, 0.25) is 0 Å². The van der Waals surface area contributed by atoms with Crippen LogP contribution in [0.4, 0.5) is 0 Å². The molecule has 1 radical (unpaired) electrons. The third kappa shape index (κ3) is 18.1. The molecule has 0 aliphatic rings. The molecule has 0 aliphatic heterocycles. The highest BCUT2D eigenvalue weighted by atomic mass is 16.5. The Balaban J connectivity index is 3.60. The summed E-state index contributed by atoms with van der Waals surface area (Å²) in [7, 11) is 0. The van der Waals surface area contributed by atoms with Crippen molar-refractivity contribution in [2.75, 3.05) is 6.61 Å². The molecule has 2 unspecified atom stereocenters. The van der Waals surface area contributed by atoms with E-state index in [2.05, 4.69) is 13.8 Å². The number of unbranched alkanes of at least 4 members (excludes halogenated alkanes) is 11. The van der Waals surface area contributed by atoms with Gasteiger partial charge in [-0.05, 0) is 19.8 Å². The second kappa shape index (κ2) is 18.3. The van der Waals surface area contributed by atoms with Crippen molar-refractivity contribution in [1.29, 1.82) is 0 Å². The molecular weight excluding hydrogens is 284 g/mol. The molecule has 0 aromatic carbocycles. The van der Waals surface area contributed by atoms with Gasteiger partial charge in [0.1, 0.15) is 0 Å². The Morgan fingerprint density at radius 2 is 1.26 bits per heavy atom. The monoisotopic (exact) mass is 327 g/mol. The molecule has 2 atom stereocenters. The quantitative estimate of drug-likeness (QED) is 0.293. The minimum Gasteiger partial charge on any atom is -0.391 e. The molecule has 0 bridgehead atoms. The van der Waals surface area contributed by atoms with Crippen LogP contribution in [-0.4, -0.2) is 23.9 Å². The van der Waals surface area contributed by atoms with Gasteiger partial charge in [0.25, 0.3) is 0 Å². The summed E-state index contributed by atoms with van der Waals surface area (Å²) in [5.41, 5.74) is 0. The van der Waals surface area contributed by atoms with Gasteiger partial charge in [0.05, 0.1) is 18.8 Å². The van der Waals surface area contributed by atoms with Gasteiger partial charge in [-0.25, -0.2) is 0 Å². The molecule has 0 spiro atoms. The highest BCUT2D eigenvalue weighted by Crippen LogP contribution is 2.17. The molecule has 1 N–H and O–H groups in total. The van der Waals surface area contributed by atoms with Crippen molar-refractivity contribution in [3.05, 3.63) is 6.92 Å². The molecule has 2 heteroatoms. The lowest BCUT2D eigenvalue weighted by atomic mass is 10.0. The van der Waals surface area contributed by atoms with Gasteiger partial charge in [-0.15, -0.1) is 0 Å². The average molecular weight is 328 g/mol. The van der Waals surface area contributed by atoms with Crippen molar-refractivity contribution in [2.45, 2.75) is 122 Å². The molecule has 0 aromatic rings. The fraction of sp³-hybridized carbons (Fsp3) is 0.952. The molecular formula is C21H43O2. The van der Waals surface area contributed by atoms with Crippen molar-refractivity contribution in [2.24, 2.45) is 0 Å². The van der Waals surface area contributed by atoms with Gasteiger partial charge >= 0.3 is 0 Å². The molecule has 0 saturated carbocycles. The Morgan fingerprint density at radius 3 is 1.74 bits per heavy atom. The Hall–Kier alpha value is -0.0800. The van der Waals surface area contributed by atoms with Gasteiger partial charge < -0.3 is 9.84 Å². The maximum Gasteiger partial charge on any atom is 0.0745 e. The molecule has 0 amide bonds. The lowest BCUT2D eigenvalue weighted by Gasteiger charge is -2.19. The molecule has 0 rings (SSSR count). The molecule has 0 saturated heterocycles. The molecule has 0 aliphatic carbocycles. The number of hydrogen-bond donors (Lipinski definition) is 1.